The fourth-order valence-electron chi connectivity index (χ4n) is 2.33. The monoisotopic (exact) mass is 255 g/mol. The Balaban J connectivity index is 2.35. The molecule has 104 valence electrons. The fourth-order valence-corrected chi connectivity index (χ4v) is 2.33. The molecule has 0 aliphatic carbocycles. The van der Waals surface area contributed by atoms with Crippen molar-refractivity contribution in [3.63, 3.8) is 0 Å². The van der Waals surface area contributed by atoms with Crippen molar-refractivity contribution >= 4 is 11.9 Å². The van der Waals surface area contributed by atoms with Crippen LogP contribution < -0.4 is 0 Å². The summed E-state index contributed by atoms with van der Waals surface area (Å²) in [5.41, 5.74) is -0.472. The Morgan fingerprint density at radius 2 is 1.94 bits per heavy atom. The molecule has 0 aromatic carbocycles. The lowest BCUT2D eigenvalue weighted by molar-refractivity contribution is -0.156. The molecule has 0 bridgehead atoms. The minimum atomic E-state index is -0.472. The zero-order chi connectivity index (χ0) is 13.8. The first-order valence-electron chi connectivity index (χ1n) is 6.85. The van der Waals surface area contributed by atoms with Gasteiger partial charge in [-0.2, -0.15) is 0 Å². The van der Waals surface area contributed by atoms with Crippen molar-refractivity contribution in [2.45, 2.75) is 71.4 Å². The Morgan fingerprint density at radius 1 is 1.28 bits per heavy atom. The first-order valence-corrected chi connectivity index (χ1v) is 6.85. The quantitative estimate of drug-likeness (QED) is 0.725. The summed E-state index contributed by atoms with van der Waals surface area (Å²) in [6.07, 6.45) is 3.62. The molecule has 0 N–H and O–H groups in total. The van der Waals surface area contributed by atoms with Crippen LogP contribution in [-0.2, 0) is 14.3 Å². The zero-order valence-corrected chi connectivity index (χ0v) is 12.0. The van der Waals surface area contributed by atoms with Gasteiger partial charge in [0.2, 0.25) is 5.91 Å². The number of carbonyl (C=O) groups is 2. The van der Waals surface area contributed by atoms with Crippen LogP contribution in [0.2, 0.25) is 0 Å². The maximum atomic E-state index is 12.0. The molecule has 4 nitrogen and oxygen atoms in total. The zero-order valence-electron chi connectivity index (χ0n) is 12.0. The molecule has 1 rings (SSSR count). The third-order valence-electron chi connectivity index (χ3n) is 3.13. The Kier molecular flexibility index (Phi) is 5.17. The number of likely N-dealkylation sites (tertiary alicyclic amines) is 1. The number of ether oxygens (including phenoxy) is 1. The number of amides is 1. The maximum Gasteiger partial charge on any atom is 0.306 e. The van der Waals surface area contributed by atoms with Gasteiger partial charge in [0, 0.05) is 19.0 Å². The van der Waals surface area contributed by atoms with Gasteiger partial charge in [0.15, 0.2) is 0 Å². The van der Waals surface area contributed by atoms with Crippen LogP contribution in [0.25, 0.3) is 0 Å². The van der Waals surface area contributed by atoms with Gasteiger partial charge in [-0.3, -0.25) is 9.59 Å². The highest BCUT2D eigenvalue weighted by Crippen LogP contribution is 2.21. The molecule has 0 aromatic heterocycles. The molecule has 4 heteroatoms. The van der Waals surface area contributed by atoms with Crippen molar-refractivity contribution in [1.82, 2.24) is 4.90 Å². The van der Waals surface area contributed by atoms with Gasteiger partial charge in [0.1, 0.15) is 5.60 Å². The molecule has 0 spiro atoms. The third-order valence-corrected chi connectivity index (χ3v) is 3.13. The van der Waals surface area contributed by atoms with Crippen molar-refractivity contribution in [3.05, 3.63) is 0 Å². The molecule has 1 atom stereocenters. The number of hydrogen-bond acceptors (Lipinski definition) is 3. The van der Waals surface area contributed by atoms with Crippen LogP contribution in [0.4, 0.5) is 0 Å². The number of nitrogens with zero attached hydrogens (tertiary/aromatic N) is 1. The molecular weight excluding hydrogens is 230 g/mol. The molecule has 18 heavy (non-hydrogen) atoms. The van der Waals surface area contributed by atoms with Crippen molar-refractivity contribution in [2.24, 2.45) is 0 Å². The molecule has 0 radical (unpaired) electrons. The van der Waals surface area contributed by atoms with Crippen LogP contribution in [0.1, 0.15) is 59.8 Å². The summed E-state index contributed by atoms with van der Waals surface area (Å²) in [5, 5.41) is 0. The van der Waals surface area contributed by atoms with Gasteiger partial charge in [-0.25, -0.2) is 0 Å². The van der Waals surface area contributed by atoms with Crippen molar-refractivity contribution < 1.29 is 14.3 Å². The molecule has 1 heterocycles. The van der Waals surface area contributed by atoms with E-state index in [4.69, 9.17) is 4.74 Å². The second kappa shape index (κ2) is 6.21. The Morgan fingerprint density at radius 3 is 2.50 bits per heavy atom. The Hall–Kier alpha value is -1.06. The van der Waals surface area contributed by atoms with Gasteiger partial charge in [-0.15, -0.1) is 0 Å². The Bertz CT molecular complexity index is 307. The summed E-state index contributed by atoms with van der Waals surface area (Å²) in [5.74, 6) is -0.201. The lowest BCUT2D eigenvalue weighted by Crippen LogP contribution is -2.35. The van der Waals surface area contributed by atoms with Crippen molar-refractivity contribution in [1.29, 1.82) is 0 Å². The molecule has 1 amide bonds. The molecule has 1 unspecified atom stereocenters. The first kappa shape index (κ1) is 15.0. The van der Waals surface area contributed by atoms with Gasteiger partial charge in [-0.05, 0) is 40.0 Å². The van der Waals surface area contributed by atoms with E-state index in [0.717, 1.165) is 25.8 Å². The minimum absolute atomic E-state index is 0.0882. The highest BCUT2D eigenvalue weighted by Gasteiger charge is 2.27. The second-order valence-electron chi connectivity index (χ2n) is 5.88. The predicted molar refractivity (Wildman–Crippen MR) is 70.1 cm³/mol. The van der Waals surface area contributed by atoms with Crippen LogP contribution in [0.15, 0.2) is 0 Å². The molecule has 1 aliphatic rings. The van der Waals surface area contributed by atoms with E-state index in [0.29, 0.717) is 6.04 Å². The van der Waals surface area contributed by atoms with E-state index < -0.39 is 5.60 Å². The van der Waals surface area contributed by atoms with Crippen molar-refractivity contribution in [2.75, 3.05) is 6.54 Å². The van der Waals surface area contributed by atoms with E-state index >= 15 is 0 Å². The molecule has 0 saturated carbocycles. The van der Waals surface area contributed by atoms with E-state index in [1.54, 1.807) is 0 Å². The maximum absolute atomic E-state index is 12.0. The smallest absolute Gasteiger partial charge is 0.306 e. The van der Waals surface area contributed by atoms with E-state index in [9.17, 15) is 9.59 Å². The fraction of sp³-hybridized carbons (Fsp3) is 0.857. The van der Waals surface area contributed by atoms with Crippen LogP contribution in [0, 0.1) is 0 Å². The van der Waals surface area contributed by atoms with Gasteiger partial charge >= 0.3 is 5.97 Å². The van der Waals surface area contributed by atoms with Gasteiger partial charge in [0.05, 0.1) is 6.42 Å². The van der Waals surface area contributed by atoms with Crippen molar-refractivity contribution in [3.8, 4) is 0 Å². The minimum Gasteiger partial charge on any atom is -0.460 e. The normalized spacial score (nSPS) is 20.0. The number of rotatable bonds is 4. The molecule has 1 fully saturated rings. The predicted octanol–water partition coefficient (Wildman–Crippen LogP) is 2.51. The third kappa shape index (κ3) is 4.67. The number of hydrogen-bond donors (Lipinski definition) is 0. The first-order chi connectivity index (χ1) is 8.33. The Labute approximate surface area is 110 Å². The molecular formula is C14H25NO3. The van der Waals surface area contributed by atoms with E-state index in [1.807, 2.05) is 25.7 Å². The molecule has 1 saturated heterocycles. The number of esters is 1. The summed E-state index contributed by atoms with van der Waals surface area (Å²) in [6.45, 7) is 8.44. The average Bonchev–Trinajstić information content (AvgIpc) is 2.71. The summed E-state index contributed by atoms with van der Waals surface area (Å²) in [6, 6.07) is 0.371. The highest BCUT2D eigenvalue weighted by atomic mass is 16.6. The van der Waals surface area contributed by atoms with Gasteiger partial charge in [0.25, 0.3) is 0 Å². The van der Waals surface area contributed by atoms with Gasteiger partial charge < -0.3 is 9.64 Å². The summed E-state index contributed by atoms with van der Waals surface area (Å²) >= 11 is 0. The lowest BCUT2D eigenvalue weighted by Gasteiger charge is -2.24. The second-order valence-corrected chi connectivity index (χ2v) is 5.88. The van der Waals surface area contributed by atoms with Gasteiger partial charge in [-0.1, -0.05) is 6.92 Å². The highest BCUT2D eigenvalue weighted by molar-refractivity contribution is 5.81. The molecule has 1 aliphatic heterocycles. The largest absolute Gasteiger partial charge is 0.460 e. The lowest BCUT2D eigenvalue weighted by atomic mass is 10.1. The standard InChI is InChI=1S/C14H25NO3/c1-5-11-7-6-10-15(11)12(16)8-9-13(17)18-14(2,3)4/h11H,5-10H2,1-4H3. The van der Waals surface area contributed by atoms with E-state index in [1.165, 1.54) is 0 Å². The average molecular weight is 255 g/mol. The van der Waals surface area contributed by atoms with Crippen LogP contribution in [-0.4, -0.2) is 35.0 Å². The van der Waals surface area contributed by atoms with E-state index in [-0.39, 0.29) is 24.7 Å². The van der Waals surface area contributed by atoms with Crippen LogP contribution in [0.3, 0.4) is 0 Å². The van der Waals surface area contributed by atoms with Crippen LogP contribution in [0.5, 0.6) is 0 Å². The van der Waals surface area contributed by atoms with Crippen LogP contribution >= 0.6 is 0 Å². The summed E-state index contributed by atoms with van der Waals surface area (Å²) in [7, 11) is 0. The number of carbonyl (C=O) groups excluding carboxylic acids is 2. The SMILES string of the molecule is CCC1CCCN1C(=O)CCC(=O)OC(C)(C)C. The molecule has 0 aromatic rings. The summed E-state index contributed by atoms with van der Waals surface area (Å²) in [4.78, 5) is 25.5. The van der Waals surface area contributed by atoms with E-state index in [2.05, 4.69) is 6.92 Å². The topological polar surface area (TPSA) is 46.6 Å². The summed E-state index contributed by atoms with van der Waals surface area (Å²) < 4.78 is 5.19.